The van der Waals surface area contributed by atoms with Crippen molar-refractivity contribution >= 4 is 0 Å². The Hall–Kier alpha value is -0.930. The molecule has 4 fully saturated rings. The fraction of sp³-hybridized carbons (Fsp3) is 0.828. The number of hydrogen-bond donors (Lipinski definition) is 2. The van der Waals surface area contributed by atoms with Crippen LogP contribution in [-0.2, 0) is 6.42 Å². The molecule has 3 heteroatoms. The summed E-state index contributed by atoms with van der Waals surface area (Å²) in [6.07, 6.45) is 13.2. The maximum absolute atomic E-state index is 11.8. The molecule has 3 nitrogen and oxygen atoms in total. The Morgan fingerprint density at radius 2 is 1.41 bits per heavy atom. The quantitative estimate of drug-likeness (QED) is 0.579. The van der Waals surface area contributed by atoms with Crippen LogP contribution in [0.2, 0.25) is 0 Å². The average molecular weight is 440 g/mol. The van der Waals surface area contributed by atoms with Crippen molar-refractivity contribution in [1.29, 1.82) is 0 Å². The van der Waals surface area contributed by atoms with E-state index in [4.69, 9.17) is 0 Å². The minimum Gasteiger partial charge on any atom is -0.393 e. The molecule has 1 aromatic rings. The van der Waals surface area contributed by atoms with Gasteiger partial charge in [-0.1, -0.05) is 41.5 Å². The summed E-state index contributed by atoms with van der Waals surface area (Å²) in [5.74, 6) is 0.306. The van der Waals surface area contributed by atoms with E-state index in [2.05, 4.69) is 58.7 Å². The number of aromatic nitrogens is 1. The van der Waals surface area contributed by atoms with Crippen LogP contribution in [0.4, 0.5) is 0 Å². The zero-order valence-electron chi connectivity index (χ0n) is 21.2. The monoisotopic (exact) mass is 439 g/mol. The SMILES string of the molecule is C[C@@]12CC[C@]3(C)[C@](C)(CC[C@]4(C)[C@@H](O)[C@H](Cc5ccncc5)C[C@@]34C)[C@@]1(C)CC[C@H](O)C2. The molecule has 4 aliphatic carbocycles. The van der Waals surface area contributed by atoms with Crippen LogP contribution in [0.25, 0.3) is 0 Å². The molecule has 0 aromatic carbocycles. The highest BCUT2D eigenvalue weighted by Crippen LogP contribution is 2.83. The summed E-state index contributed by atoms with van der Waals surface area (Å²) in [4.78, 5) is 4.19. The Balaban J connectivity index is 1.56. The van der Waals surface area contributed by atoms with E-state index >= 15 is 0 Å². The summed E-state index contributed by atoms with van der Waals surface area (Å²) < 4.78 is 0. The Kier molecular flexibility index (Phi) is 4.86. The Labute approximate surface area is 195 Å². The topological polar surface area (TPSA) is 53.4 Å². The van der Waals surface area contributed by atoms with Crippen molar-refractivity contribution in [2.45, 2.75) is 112 Å². The first kappa shape index (κ1) is 22.8. The lowest BCUT2D eigenvalue weighted by atomic mass is 9.27. The van der Waals surface area contributed by atoms with Crippen molar-refractivity contribution in [2.24, 2.45) is 38.4 Å². The minimum atomic E-state index is -0.253. The van der Waals surface area contributed by atoms with Crippen LogP contribution in [0.1, 0.15) is 98.5 Å². The molecule has 0 bridgehead atoms. The number of pyridine rings is 1. The number of hydrogen-bond acceptors (Lipinski definition) is 3. The second-order valence-corrected chi connectivity index (χ2v) is 13.7. The smallest absolute Gasteiger partial charge is 0.0630 e. The molecule has 0 aliphatic heterocycles. The van der Waals surface area contributed by atoms with Crippen LogP contribution < -0.4 is 0 Å². The van der Waals surface area contributed by atoms with Gasteiger partial charge in [-0.15, -0.1) is 0 Å². The van der Waals surface area contributed by atoms with Gasteiger partial charge in [-0.25, -0.2) is 0 Å². The Morgan fingerprint density at radius 3 is 2.09 bits per heavy atom. The highest BCUT2D eigenvalue weighted by atomic mass is 16.3. The van der Waals surface area contributed by atoms with Crippen LogP contribution in [0.3, 0.4) is 0 Å². The van der Waals surface area contributed by atoms with Gasteiger partial charge >= 0.3 is 0 Å². The number of aliphatic hydroxyl groups is 2. The molecule has 1 heterocycles. The predicted molar refractivity (Wildman–Crippen MR) is 129 cm³/mol. The molecule has 2 N–H and O–H groups in total. The van der Waals surface area contributed by atoms with Gasteiger partial charge in [0.2, 0.25) is 0 Å². The van der Waals surface area contributed by atoms with Crippen LogP contribution in [-0.4, -0.2) is 27.4 Å². The molecular weight excluding hydrogens is 394 g/mol. The van der Waals surface area contributed by atoms with Crippen molar-refractivity contribution in [3.8, 4) is 0 Å². The van der Waals surface area contributed by atoms with Gasteiger partial charge in [0.1, 0.15) is 0 Å². The maximum atomic E-state index is 11.8. The van der Waals surface area contributed by atoms with E-state index in [1.807, 2.05) is 12.4 Å². The summed E-state index contributed by atoms with van der Waals surface area (Å²) >= 11 is 0. The summed E-state index contributed by atoms with van der Waals surface area (Å²) in [6, 6.07) is 4.23. The van der Waals surface area contributed by atoms with Crippen molar-refractivity contribution in [3.63, 3.8) is 0 Å². The zero-order chi connectivity index (χ0) is 23.2. The van der Waals surface area contributed by atoms with Crippen molar-refractivity contribution < 1.29 is 10.2 Å². The molecule has 0 radical (unpaired) electrons. The lowest BCUT2D eigenvalue weighted by Crippen LogP contribution is -2.70. The van der Waals surface area contributed by atoms with E-state index in [0.717, 1.165) is 38.5 Å². The molecule has 1 aromatic heterocycles. The van der Waals surface area contributed by atoms with E-state index in [0.29, 0.717) is 5.92 Å². The Morgan fingerprint density at radius 1 is 0.781 bits per heavy atom. The van der Waals surface area contributed by atoms with Crippen molar-refractivity contribution in [2.75, 3.05) is 0 Å². The van der Waals surface area contributed by atoms with Crippen LogP contribution in [0.5, 0.6) is 0 Å². The van der Waals surface area contributed by atoms with Gasteiger partial charge in [0.25, 0.3) is 0 Å². The number of aliphatic hydroxyl groups excluding tert-OH is 2. The predicted octanol–water partition coefficient (Wildman–Crippen LogP) is 6.18. The molecule has 4 saturated carbocycles. The molecule has 0 unspecified atom stereocenters. The maximum Gasteiger partial charge on any atom is 0.0630 e. The second-order valence-electron chi connectivity index (χ2n) is 13.7. The highest BCUT2D eigenvalue weighted by molar-refractivity contribution is 5.27. The molecule has 9 atom stereocenters. The first-order valence-electron chi connectivity index (χ1n) is 13.1. The molecule has 0 amide bonds. The third-order valence-electron chi connectivity index (χ3n) is 13.2. The van der Waals surface area contributed by atoms with Crippen molar-refractivity contribution in [3.05, 3.63) is 30.1 Å². The van der Waals surface area contributed by atoms with Gasteiger partial charge in [-0.2, -0.15) is 0 Å². The number of fused-ring (bicyclic) bond motifs is 5. The molecule has 32 heavy (non-hydrogen) atoms. The summed E-state index contributed by atoms with van der Waals surface area (Å²) in [6.45, 7) is 15.2. The van der Waals surface area contributed by atoms with E-state index in [9.17, 15) is 10.2 Å². The highest BCUT2D eigenvalue weighted by Gasteiger charge is 2.77. The molecule has 4 aliphatic rings. The number of nitrogens with zero attached hydrogens (tertiary/aromatic N) is 1. The van der Waals surface area contributed by atoms with Gasteiger partial charge in [0, 0.05) is 12.4 Å². The van der Waals surface area contributed by atoms with Gasteiger partial charge in [0.05, 0.1) is 12.2 Å². The van der Waals surface area contributed by atoms with Crippen LogP contribution in [0.15, 0.2) is 24.5 Å². The van der Waals surface area contributed by atoms with Gasteiger partial charge < -0.3 is 10.2 Å². The normalized spacial score (nSPS) is 55.1. The third-order valence-corrected chi connectivity index (χ3v) is 13.2. The molecule has 178 valence electrons. The molecular formula is C29H45NO2. The number of rotatable bonds is 2. The van der Waals surface area contributed by atoms with Crippen LogP contribution in [0, 0.1) is 38.4 Å². The largest absolute Gasteiger partial charge is 0.393 e. The first-order valence-corrected chi connectivity index (χ1v) is 13.1. The lowest BCUT2D eigenvalue weighted by Gasteiger charge is -2.77. The van der Waals surface area contributed by atoms with E-state index in [1.165, 1.54) is 24.8 Å². The second kappa shape index (κ2) is 6.81. The van der Waals surface area contributed by atoms with E-state index < -0.39 is 0 Å². The summed E-state index contributed by atoms with van der Waals surface area (Å²) in [5.41, 5.74) is 2.18. The minimum absolute atomic E-state index is 0.0444. The Bertz CT molecular complexity index is 888. The van der Waals surface area contributed by atoms with Gasteiger partial charge in [-0.3, -0.25) is 4.98 Å². The van der Waals surface area contributed by atoms with Crippen molar-refractivity contribution in [1.82, 2.24) is 4.98 Å². The average Bonchev–Trinajstić information content (AvgIpc) is 2.95. The zero-order valence-corrected chi connectivity index (χ0v) is 21.2. The standard InChI is InChI=1S/C29H45NO2/c1-24-11-13-28(5)27(4,26(24,3)10-7-22(31)19-24)14-12-25(2)23(32)21(18-29(25,28)6)17-20-8-15-30-16-9-20/h8-9,15-16,21-23,31-32H,7,10-14,17-19H2,1-6H3/t21-,22+,23+,24+,25-,26+,27-,28-,29-/m1/s1. The van der Waals surface area contributed by atoms with Gasteiger partial charge in [0.15, 0.2) is 0 Å². The molecule has 0 spiro atoms. The van der Waals surface area contributed by atoms with Crippen LogP contribution >= 0.6 is 0 Å². The first-order chi connectivity index (χ1) is 14.9. The van der Waals surface area contributed by atoms with Gasteiger partial charge in [-0.05, 0) is 114 Å². The molecule has 5 rings (SSSR count). The summed E-state index contributed by atoms with van der Waals surface area (Å²) in [7, 11) is 0. The lowest BCUT2D eigenvalue weighted by molar-refractivity contribution is -0.292. The fourth-order valence-corrected chi connectivity index (χ4v) is 10.3. The van der Waals surface area contributed by atoms with E-state index in [-0.39, 0.29) is 44.7 Å². The summed E-state index contributed by atoms with van der Waals surface area (Å²) in [5, 5.41) is 22.4. The van der Waals surface area contributed by atoms with E-state index in [1.54, 1.807) is 0 Å². The molecule has 0 saturated heterocycles. The third kappa shape index (κ3) is 2.48. The fourth-order valence-electron chi connectivity index (χ4n) is 10.3.